The van der Waals surface area contributed by atoms with Gasteiger partial charge in [0.2, 0.25) is 5.91 Å². The van der Waals surface area contributed by atoms with Gasteiger partial charge in [0.15, 0.2) is 0 Å². The zero-order valence-electron chi connectivity index (χ0n) is 20.0. The van der Waals surface area contributed by atoms with Crippen LogP contribution in [0.2, 0.25) is 0 Å². The van der Waals surface area contributed by atoms with Crippen LogP contribution in [-0.4, -0.2) is 60.2 Å². The number of benzene rings is 2. The summed E-state index contributed by atoms with van der Waals surface area (Å²) in [6, 6.07) is 17.4. The van der Waals surface area contributed by atoms with Gasteiger partial charge in [0.25, 0.3) is 0 Å². The maximum Gasteiger partial charge on any atom is 1.00 e. The van der Waals surface area contributed by atoms with Crippen molar-refractivity contribution >= 4 is 21.2 Å². The SMILES string of the molecule is COC1CNC[C@@H](C(=O)N[Si](C#N)Cc2ccc(-c3cc[c-]c(CC[C-]=O)c3)cc2)OC1.[CH3-].[Li+]. The topological polar surface area (TPSA) is 100 Å². The van der Waals surface area contributed by atoms with Gasteiger partial charge in [-0.15, -0.1) is 5.56 Å². The summed E-state index contributed by atoms with van der Waals surface area (Å²) in [5.41, 5.74) is 6.31. The first-order valence-electron chi connectivity index (χ1n) is 10.5. The van der Waals surface area contributed by atoms with Crippen LogP contribution < -0.4 is 29.2 Å². The molecule has 1 unspecified atom stereocenters. The zero-order valence-corrected chi connectivity index (χ0v) is 21.0. The number of amides is 1. The predicted octanol–water partition coefficient (Wildman–Crippen LogP) is -1.09. The van der Waals surface area contributed by atoms with Crippen molar-refractivity contribution in [1.29, 1.82) is 5.26 Å². The Labute approximate surface area is 216 Å². The second kappa shape index (κ2) is 15.6. The molecule has 1 saturated heterocycles. The van der Waals surface area contributed by atoms with Crippen LogP contribution >= 0.6 is 0 Å². The largest absolute Gasteiger partial charge is 1.00 e. The minimum atomic E-state index is -1.78. The summed E-state index contributed by atoms with van der Waals surface area (Å²) in [6.07, 6.45) is 2.17. The minimum Gasteiger partial charge on any atom is -0.542 e. The molecule has 1 aliphatic rings. The first kappa shape index (κ1) is 29.8. The number of methoxy groups -OCH3 is 1. The van der Waals surface area contributed by atoms with Crippen LogP contribution in [-0.2, 0) is 31.5 Å². The number of nitriles is 1. The van der Waals surface area contributed by atoms with Crippen LogP contribution in [0.3, 0.4) is 0 Å². The summed E-state index contributed by atoms with van der Waals surface area (Å²) in [6.45, 7) is 1.35. The first-order valence-corrected chi connectivity index (χ1v) is 12.2. The van der Waals surface area contributed by atoms with E-state index < -0.39 is 15.1 Å². The van der Waals surface area contributed by atoms with E-state index in [-0.39, 0.29) is 38.3 Å². The van der Waals surface area contributed by atoms with Crippen molar-refractivity contribution in [2.75, 3.05) is 26.8 Å². The normalized spacial score (nSPS) is 17.4. The number of rotatable bonds is 9. The number of carbonyl (C=O) groups is 1. The van der Waals surface area contributed by atoms with E-state index in [1.54, 1.807) is 7.11 Å². The van der Waals surface area contributed by atoms with Gasteiger partial charge >= 0.3 is 27.8 Å². The van der Waals surface area contributed by atoms with E-state index in [1.807, 2.05) is 48.8 Å². The fraction of sp³-hybridized carbons (Fsp3) is 0.360. The average molecular weight is 471 g/mol. The zero-order chi connectivity index (χ0) is 22.8. The molecule has 7 nitrogen and oxygen atoms in total. The van der Waals surface area contributed by atoms with E-state index in [4.69, 9.17) is 9.47 Å². The maximum absolute atomic E-state index is 12.6. The Kier molecular flexibility index (Phi) is 13.7. The maximum atomic E-state index is 12.6. The van der Waals surface area contributed by atoms with Crippen LogP contribution in [0, 0.1) is 24.4 Å². The number of nitrogens with zero attached hydrogens (tertiary/aromatic N) is 1. The van der Waals surface area contributed by atoms with E-state index in [0.29, 0.717) is 38.6 Å². The Balaban J connectivity index is 0.00000289. The molecule has 9 heteroatoms. The number of nitrogens with one attached hydrogen (secondary N) is 2. The Morgan fingerprint density at radius 3 is 2.76 bits per heavy atom. The number of ether oxygens (including phenoxy) is 2. The number of carbonyl (C=O) groups excluding carboxylic acids is 2. The van der Waals surface area contributed by atoms with Gasteiger partial charge < -0.3 is 32.0 Å². The van der Waals surface area contributed by atoms with Gasteiger partial charge in [0.1, 0.15) is 6.10 Å². The molecule has 0 aromatic heterocycles. The fourth-order valence-electron chi connectivity index (χ4n) is 3.42. The monoisotopic (exact) mass is 470 g/mol. The summed E-state index contributed by atoms with van der Waals surface area (Å²) in [4.78, 5) is 25.9. The molecule has 0 bridgehead atoms. The van der Waals surface area contributed by atoms with Crippen LogP contribution in [0.15, 0.2) is 42.5 Å². The molecule has 2 aromatic carbocycles. The smallest absolute Gasteiger partial charge is 0.542 e. The molecule has 1 aliphatic heterocycles. The Bertz CT molecular complexity index is 952. The molecular weight excluding hydrogens is 441 g/mol. The van der Waals surface area contributed by atoms with Crippen molar-refractivity contribution < 1.29 is 37.9 Å². The van der Waals surface area contributed by atoms with Gasteiger partial charge in [-0.1, -0.05) is 30.7 Å². The minimum absolute atomic E-state index is 0. The molecule has 3 rings (SSSR count). The standard InChI is InChI=1S/C24H26N3O4Si.CH3.Li/c1-30-22-13-26-14-23(31-15-22)24(29)27-32(17-25)16-19-7-9-20(10-8-19)21-6-2-4-18(12-21)5-3-11-28;;/h2,6-10,12,22-23,26H,3,5,13-16H2,1H3,(H,27,29);1H3;/q-2;-1;+1/t22?,23-;;/m0../s1. The molecule has 1 amide bonds. The molecule has 1 heterocycles. The number of aryl methyl sites for hydroxylation is 1. The quantitative estimate of drug-likeness (QED) is 0.357. The van der Waals surface area contributed by atoms with E-state index in [0.717, 1.165) is 22.3 Å². The Morgan fingerprint density at radius 2 is 2.09 bits per heavy atom. The third kappa shape index (κ3) is 8.85. The molecule has 0 saturated carbocycles. The average Bonchev–Trinajstić information content (AvgIpc) is 3.09. The molecule has 175 valence electrons. The van der Waals surface area contributed by atoms with Crippen LogP contribution in [0.5, 0.6) is 0 Å². The van der Waals surface area contributed by atoms with Crippen molar-refractivity contribution in [2.24, 2.45) is 0 Å². The summed E-state index contributed by atoms with van der Waals surface area (Å²) < 4.78 is 10.9. The van der Waals surface area contributed by atoms with E-state index >= 15 is 0 Å². The third-order valence-corrected chi connectivity index (χ3v) is 6.83. The number of hydrogen-bond donors (Lipinski definition) is 2. The second-order valence-electron chi connectivity index (χ2n) is 7.54. The van der Waals surface area contributed by atoms with E-state index in [9.17, 15) is 14.9 Å². The van der Waals surface area contributed by atoms with Gasteiger partial charge in [-0.05, 0) is 17.2 Å². The van der Waals surface area contributed by atoms with Gasteiger partial charge in [-0.2, -0.15) is 36.2 Å². The Morgan fingerprint density at radius 1 is 1.32 bits per heavy atom. The van der Waals surface area contributed by atoms with E-state index in [1.165, 1.54) is 0 Å². The fourth-order valence-corrected chi connectivity index (χ4v) is 4.75. The second-order valence-corrected chi connectivity index (χ2v) is 9.32. The van der Waals surface area contributed by atoms with Crippen molar-refractivity contribution in [3.63, 3.8) is 0 Å². The molecule has 1 fully saturated rings. The molecule has 34 heavy (non-hydrogen) atoms. The van der Waals surface area contributed by atoms with Gasteiger partial charge in [-0.3, -0.25) is 11.1 Å². The summed E-state index contributed by atoms with van der Waals surface area (Å²) in [5.74, 6) is -0.262. The molecule has 2 aromatic rings. The van der Waals surface area contributed by atoms with Crippen LogP contribution in [0.1, 0.15) is 17.5 Å². The van der Waals surface area contributed by atoms with Gasteiger partial charge in [0, 0.05) is 20.2 Å². The first-order chi connectivity index (χ1) is 15.6. The predicted molar refractivity (Wildman–Crippen MR) is 128 cm³/mol. The molecule has 0 aliphatic carbocycles. The molecule has 2 N–H and O–H groups in total. The van der Waals surface area contributed by atoms with Gasteiger partial charge in [-0.25, -0.2) is 5.26 Å². The molecule has 2 atom stereocenters. The van der Waals surface area contributed by atoms with Crippen LogP contribution in [0.4, 0.5) is 0 Å². The molecule has 1 radical (unpaired) electrons. The van der Waals surface area contributed by atoms with Gasteiger partial charge in [0.05, 0.1) is 18.4 Å². The Hall–Kier alpha value is -2.24. The summed E-state index contributed by atoms with van der Waals surface area (Å²) in [7, 11) is -0.171. The summed E-state index contributed by atoms with van der Waals surface area (Å²) in [5, 5.41) is 12.7. The van der Waals surface area contributed by atoms with Crippen molar-refractivity contribution in [2.45, 2.75) is 31.1 Å². The molecular formula is C25H29LiN3O4Si-2. The van der Waals surface area contributed by atoms with E-state index in [2.05, 4.69) is 22.1 Å². The van der Waals surface area contributed by atoms with Crippen molar-refractivity contribution in [3.8, 4) is 16.8 Å². The van der Waals surface area contributed by atoms with Crippen molar-refractivity contribution in [3.05, 3.63) is 67.1 Å². The number of hydrogen-bond acceptors (Lipinski definition) is 6. The van der Waals surface area contributed by atoms with Crippen molar-refractivity contribution in [1.82, 2.24) is 10.3 Å². The summed E-state index contributed by atoms with van der Waals surface area (Å²) >= 11 is 0. The third-order valence-electron chi connectivity index (χ3n) is 5.25. The molecule has 0 spiro atoms. The van der Waals surface area contributed by atoms with Crippen LogP contribution in [0.25, 0.3) is 11.1 Å².